The zero-order valence-corrected chi connectivity index (χ0v) is 25.5. The van der Waals surface area contributed by atoms with Crippen LogP contribution in [0.4, 0.5) is 0 Å². The van der Waals surface area contributed by atoms with E-state index < -0.39 is 27.9 Å². The first-order valence-corrected chi connectivity index (χ1v) is 16.1. The molecule has 43 heavy (non-hydrogen) atoms. The third-order valence-electron chi connectivity index (χ3n) is 7.49. The molecule has 5 N–H and O–H groups in total. The largest absolute Gasteiger partial charge is 0.465 e. The van der Waals surface area contributed by atoms with Gasteiger partial charge < -0.3 is 30.6 Å². The third kappa shape index (κ3) is 6.56. The maximum Gasteiger partial charge on any atom is 0.325 e. The molecule has 2 amide bonds. The molecule has 16 heteroatoms. The summed E-state index contributed by atoms with van der Waals surface area (Å²) in [6, 6.07) is 5.62. The molecule has 0 spiro atoms. The number of nitrogens with one attached hydrogen (secondary N) is 3. The van der Waals surface area contributed by atoms with Gasteiger partial charge >= 0.3 is 5.97 Å². The first-order chi connectivity index (χ1) is 20.5. The highest BCUT2D eigenvalue weighted by Crippen LogP contribution is 2.29. The molecule has 230 valence electrons. The number of sulfonamides is 1. The second kappa shape index (κ2) is 12.4. The number of carbonyl (C=O) groups is 3. The molecule has 4 heterocycles. The fourth-order valence-electron chi connectivity index (χ4n) is 5.24. The van der Waals surface area contributed by atoms with E-state index in [1.807, 2.05) is 7.05 Å². The molecule has 5 rings (SSSR count). The van der Waals surface area contributed by atoms with E-state index in [1.54, 1.807) is 25.1 Å². The number of hydrogen-bond acceptors (Lipinski definition) is 10. The molecule has 0 aliphatic carbocycles. The summed E-state index contributed by atoms with van der Waals surface area (Å²) in [7, 11) is -2.05. The van der Waals surface area contributed by atoms with E-state index in [1.165, 1.54) is 26.6 Å². The Hall–Kier alpha value is -3.86. The number of aromatic amines is 1. The number of fused-ring (bicyclic) bond motifs is 2. The van der Waals surface area contributed by atoms with Gasteiger partial charge in [0.05, 0.1) is 18.3 Å². The molecule has 2 aliphatic rings. The molecule has 3 aromatic rings. The van der Waals surface area contributed by atoms with Crippen molar-refractivity contribution in [2.45, 2.75) is 37.4 Å². The number of hydrogen-bond donors (Lipinski definition) is 4. The van der Waals surface area contributed by atoms with Crippen LogP contribution in [0.1, 0.15) is 39.3 Å². The minimum atomic E-state index is -4.05. The first-order valence-electron chi connectivity index (χ1n) is 13.8. The molecule has 14 nitrogen and oxygen atoms in total. The monoisotopic (exact) mass is 630 g/mol. The van der Waals surface area contributed by atoms with Gasteiger partial charge in [-0.05, 0) is 26.1 Å². The van der Waals surface area contributed by atoms with Gasteiger partial charge in [-0.3, -0.25) is 19.8 Å². The summed E-state index contributed by atoms with van der Waals surface area (Å²) < 4.78 is 33.6. The number of carbonyl (C=O) groups excluding carboxylic acids is 3. The van der Waals surface area contributed by atoms with Crippen molar-refractivity contribution in [3.05, 3.63) is 45.4 Å². The first kappa shape index (κ1) is 30.6. The number of nitrogen functional groups attached to an aromatic ring is 1. The van der Waals surface area contributed by atoms with Gasteiger partial charge in [0.1, 0.15) is 17.4 Å². The Labute approximate surface area is 252 Å². The van der Waals surface area contributed by atoms with Crippen LogP contribution in [0.5, 0.6) is 0 Å². The molecular weight excluding hydrogens is 596 g/mol. The lowest BCUT2D eigenvalue weighted by Gasteiger charge is -2.40. The maximum atomic E-state index is 13.8. The zero-order valence-electron chi connectivity index (χ0n) is 23.9. The summed E-state index contributed by atoms with van der Waals surface area (Å²) in [5.74, 6) is -1.61. The predicted octanol–water partition coefficient (Wildman–Crippen LogP) is 0.481. The number of amides is 2. The van der Waals surface area contributed by atoms with E-state index in [4.69, 9.17) is 15.9 Å². The van der Waals surface area contributed by atoms with E-state index in [0.29, 0.717) is 28.0 Å². The highest BCUT2D eigenvalue weighted by atomic mass is 32.2. The van der Waals surface area contributed by atoms with Gasteiger partial charge in [0.15, 0.2) is 5.01 Å². The zero-order chi connectivity index (χ0) is 30.9. The van der Waals surface area contributed by atoms with E-state index in [9.17, 15) is 22.8 Å². The summed E-state index contributed by atoms with van der Waals surface area (Å²) in [4.78, 5) is 50.6. The molecule has 0 saturated carbocycles. The second-order valence-electron chi connectivity index (χ2n) is 10.5. The molecule has 1 atom stereocenters. The van der Waals surface area contributed by atoms with Gasteiger partial charge in [0.2, 0.25) is 5.91 Å². The second-order valence-corrected chi connectivity index (χ2v) is 13.5. The van der Waals surface area contributed by atoms with Gasteiger partial charge in [0.25, 0.3) is 15.9 Å². The molecule has 1 saturated heterocycles. The van der Waals surface area contributed by atoms with Crippen LogP contribution < -0.4 is 11.1 Å². The molecular formula is C27H34N8O6S2. The normalized spacial score (nSPS) is 17.9. The van der Waals surface area contributed by atoms with Crippen LogP contribution in [0.15, 0.2) is 29.3 Å². The van der Waals surface area contributed by atoms with Crippen LogP contribution in [-0.2, 0) is 37.3 Å². The van der Waals surface area contributed by atoms with Crippen LogP contribution in [-0.4, -0.2) is 109 Å². The lowest BCUT2D eigenvalue weighted by molar-refractivity contribution is -0.143. The van der Waals surface area contributed by atoms with Crippen LogP contribution >= 0.6 is 11.3 Å². The average molecular weight is 631 g/mol. The quantitative estimate of drug-likeness (QED) is 0.148. The summed E-state index contributed by atoms with van der Waals surface area (Å²) in [6.07, 6.45) is 0.513. The summed E-state index contributed by atoms with van der Waals surface area (Å²) in [5.41, 5.74) is 7.44. The van der Waals surface area contributed by atoms with Crippen LogP contribution in [0, 0.1) is 5.41 Å². The molecule has 1 unspecified atom stereocenters. The van der Waals surface area contributed by atoms with E-state index in [-0.39, 0.29) is 56.0 Å². The van der Waals surface area contributed by atoms with Gasteiger partial charge in [-0.2, -0.15) is 4.31 Å². The van der Waals surface area contributed by atoms with Crippen molar-refractivity contribution < 1.29 is 27.5 Å². The molecule has 1 fully saturated rings. The fourth-order valence-corrected chi connectivity index (χ4v) is 7.87. The number of piperazine rings is 1. The number of H-pyrrole nitrogens is 1. The predicted molar refractivity (Wildman–Crippen MR) is 159 cm³/mol. The summed E-state index contributed by atoms with van der Waals surface area (Å²) >= 11 is 1.32. The molecule has 0 bridgehead atoms. The number of thiazole rings is 1. The number of aromatic nitrogens is 2. The van der Waals surface area contributed by atoms with Crippen molar-refractivity contribution in [1.82, 2.24) is 29.4 Å². The van der Waals surface area contributed by atoms with Crippen molar-refractivity contribution in [3.63, 3.8) is 0 Å². The van der Waals surface area contributed by atoms with E-state index >= 15 is 0 Å². The number of likely N-dealkylation sites (N-methyl/N-ethyl adjacent to an activating group) is 1. The molecule has 0 radical (unpaired) electrons. The third-order valence-corrected chi connectivity index (χ3v) is 10.4. The fraction of sp³-hybridized carbons (Fsp3) is 0.444. The van der Waals surface area contributed by atoms with Gasteiger partial charge in [-0.15, -0.1) is 11.3 Å². The SMILES string of the molecule is CCOC(=O)CNC(=O)CC1CN(S(=O)(=O)c2cc3ccc(C(=N)N)cc3[nH]2)CCN1C(=O)c1nc2c(s1)CN(C)CC2. The van der Waals surface area contributed by atoms with E-state index in [2.05, 4.69) is 20.2 Å². The number of rotatable bonds is 9. The summed E-state index contributed by atoms with van der Waals surface area (Å²) in [5, 5.41) is 11.1. The highest BCUT2D eigenvalue weighted by Gasteiger charge is 2.39. The van der Waals surface area contributed by atoms with Crippen LogP contribution in [0.2, 0.25) is 0 Å². The Morgan fingerprint density at radius 3 is 2.77 bits per heavy atom. The smallest absolute Gasteiger partial charge is 0.325 e. The molecule has 1 aromatic carbocycles. The van der Waals surface area contributed by atoms with Crippen molar-refractivity contribution in [3.8, 4) is 0 Å². The van der Waals surface area contributed by atoms with Crippen LogP contribution in [0.25, 0.3) is 10.9 Å². The number of nitrogens with two attached hydrogens (primary N) is 1. The van der Waals surface area contributed by atoms with Gasteiger partial charge in [0, 0.05) is 66.9 Å². The Morgan fingerprint density at radius 1 is 1.23 bits per heavy atom. The maximum absolute atomic E-state index is 13.8. The van der Waals surface area contributed by atoms with Gasteiger partial charge in [-0.25, -0.2) is 13.4 Å². The number of esters is 1. The highest BCUT2D eigenvalue weighted by molar-refractivity contribution is 7.89. The standard InChI is InChI=1S/C27H34N8O6S2/c1-3-41-24(37)13-30-22(36)12-18-14-34(43(39,40)23-11-16-4-5-17(25(28)29)10-20(16)31-23)8-9-35(18)27(38)26-32-19-6-7-33(2)15-21(19)42-26/h4-5,10-11,18,31H,3,6-9,12-15H2,1-2H3,(H3,28,29)(H,30,36). The van der Waals surface area contributed by atoms with Crippen molar-refractivity contribution in [1.29, 1.82) is 5.41 Å². The number of amidine groups is 1. The summed E-state index contributed by atoms with van der Waals surface area (Å²) in [6.45, 7) is 2.96. The Bertz CT molecular complexity index is 1680. The van der Waals surface area contributed by atoms with E-state index in [0.717, 1.165) is 23.5 Å². The Morgan fingerprint density at radius 2 is 2.02 bits per heavy atom. The molecule has 2 aromatic heterocycles. The van der Waals surface area contributed by atoms with Crippen molar-refractivity contribution in [2.24, 2.45) is 5.73 Å². The van der Waals surface area contributed by atoms with Crippen molar-refractivity contribution in [2.75, 3.05) is 46.4 Å². The minimum absolute atomic E-state index is 0.0108. The average Bonchev–Trinajstić information content (AvgIpc) is 3.60. The number of benzene rings is 1. The topological polar surface area (TPSA) is 195 Å². The Kier molecular flexibility index (Phi) is 8.82. The Balaban J connectivity index is 1.38. The number of nitrogens with zero attached hydrogens (tertiary/aromatic N) is 4. The molecule has 2 aliphatic heterocycles. The minimum Gasteiger partial charge on any atom is -0.465 e. The lowest BCUT2D eigenvalue weighted by atomic mass is 10.1. The lowest BCUT2D eigenvalue weighted by Crippen LogP contribution is -2.57. The van der Waals surface area contributed by atoms with Gasteiger partial charge in [-0.1, -0.05) is 12.1 Å². The number of ether oxygens (including phenoxy) is 1. The van der Waals surface area contributed by atoms with Crippen molar-refractivity contribution >= 4 is 55.9 Å². The van der Waals surface area contributed by atoms with Crippen LogP contribution in [0.3, 0.4) is 0 Å².